The standard InChI is InChI=1S/C24H20Cl2N4OS2/c1-3-11-30-23(18-13-32-15(2)22(18)16-7-5-4-6-8-16)28-29-24(30)33-14-21(31)27-20-12-17(25)9-10-19(20)26/h3-10,12-13H,1,11,14H2,2H3,(H,27,31). The molecular weight excluding hydrogens is 495 g/mol. The number of carbonyl (C=O) groups is 1. The Balaban J connectivity index is 1.58. The number of halogens is 2. The van der Waals surface area contributed by atoms with E-state index in [0.717, 1.165) is 22.5 Å². The predicted molar refractivity (Wildman–Crippen MR) is 140 cm³/mol. The SMILES string of the molecule is C=CCn1c(SCC(=O)Nc2cc(Cl)ccc2Cl)nnc1-c1csc(C)c1-c1ccccc1. The third-order valence-corrected chi connectivity index (χ3v) is 7.28. The van der Waals surface area contributed by atoms with Crippen molar-refractivity contribution in [3.05, 3.63) is 81.5 Å². The Bertz CT molecular complexity index is 1300. The van der Waals surface area contributed by atoms with Crippen LogP contribution in [0.25, 0.3) is 22.5 Å². The van der Waals surface area contributed by atoms with Crippen molar-refractivity contribution in [1.29, 1.82) is 0 Å². The van der Waals surface area contributed by atoms with Gasteiger partial charge in [0.2, 0.25) is 5.91 Å². The molecule has 1 amide bonds. The van der Waals surface area contributed by atoms with Crippen molar-refractivity contribution in [2.24, 2.45) is 0 Å². The zero-order chi connectivity index (χ0) is 23.4. The van der Waals surface area contributed by atoms with Crippen LogP contribution in [-0.2, 0) is 11.3 Å². The third-order valence-electron chi connectivity index (χ3n) is 4.84. The van der Waals surface area contributed by atoms with E-state index >= 15 is 0 Å². The molecular formula is C24H20Cl2N4OS2. The topological polar surface area (TPSA) is 59.8 Å². The number of thiophene rings is 1. The zero-order valence-corrected chi connectivity index (χ0v) is 20.9. The summed E-state index contributed by atoms with van der Waals surface area (Å²) in [6.45, 7) is 6.50. The van der Waals surface area contributed by atoms with Crippen molar-refractivity contribution in [1.82, 2.24) is 14.8 Å². The summed E-state index contributed by atoms with van der Waals surface area (Å²) in [5.74, 6) is 0.681. The molecule has 0 saturated heterocycles. The molecule has 5 nitrogen and oxygen atoms in total. The van der Waals surface area contributed by atoms with Crippen molar-refractivity contribution >= 4 is 57.9 Å². The number of nitrogens with zero attached hydrogens (tertiary/aromatic N) is 3. The van der Waals surface area contributed by atoms with E-state index in [-0.39, 0.29) is 11.7 Å². The van der Waals surface area contributed by atoms with Gasteiger partial charge in [-0.05, 0) is 30.7 Å². The Kier molecular flexibility index (Phi) is 7.55. The van der Waals surface area contributed by atoms with E-state index in [1.54, 1.807) is 35.6 Å². The first-order valence-corrected chi connectivity index (χ1v) is 12.7. The molecule has 0 bridgehead atoms. The number of amides is 1. The van der Waals surface area contributed by atoms with Crippen LogP contribution in [0.1, 0.15) is 4.88 Å². The largest absolute Gasteiger partial charge is 0.324 e. The Hall–Kier alpha value is -2.58. The summed E-state index contributed by atoms with van der Waals surface area (Å²) in [6.07, 6.45) is 1.80. The number of thioether (sulfide) groups is 1. The van der Waals surface area contributed by atoms with Gasteiger partial charge in [0.15, 0.2) is 11.0 Å². The summed E-state index contributed by atoms with van der Waals surface area (Å²) in [5, 5.41) is 15.3. The van der Waals surface area contributed by atoms with Gasteiger partial charge in [-0.25, -0.2) is 0 Å². The van der Waals surface area contributed by atoms with E-state index in [2.05, 4.69) is 46.5 Å². The van der Waals surface area contributed by atoms with E-state index in [1.807, 2.05) is 22.8 Å². The van der Waals surface area contributed by atoms with E-state index in [0.29, 0.717) is 27.4 Å². The molecule has 0 saturated carbocycles. The molecule has 0 radical (unpaired) electrons. The zero-order valence-electron chi connectivity index (χ0n) is 17.7. The summed E-state index contributed by atoms with van der Waals surface area (Å²) in [6, 6.07) is 15.2. The normalized spacial score (nSPS) is 10.9. The van der Waals surface area contributed by atoms with Gasteiger partial charge in [-0.15, -0.1) is 28.1 Å². The minimum Gasteiger partial charge on any atom is -0.324 e. The van der Waals surface area contributed by atoms with Crippen LogP contribution in [0, 0.1) is 6.92 Å². The number of allylic oxidation sites excluding steroid dienone is 1. The van der Waals surface area contributed by atoms with Gasteiger partial charge in [-0.1, -0.05) is 71.4 Å². The average molecular weight is 515 g/mol. The van der Waals surface area contributed by atoms with Crippen molar-refractivity contribution < 1.29 is 4.79 Å². The monoisotopic (exact) mass is 514 g/mol. The van der Waals surface area contributed by atoms with Crippen molar-refractivity contribution in [2.75, 3.05) is 11.1 Å². The van der Waals surface area contributed by atoms with Gasteiger partial charge in [0.1, 0.15) is 0 Å². The van der Waals surface area contributed by atoms with Crippen LogP contribution in [0.15, 0.2) is 71.7 Å². The highest BCUT2D eigenvalue weighted by atomic mass is 35.5. The first-order valence-electron chi connectivity index (χ1n) is 10.0. The molecule has 0 fully saturated rings. The average Bonchev–Trinajstić information content (AvgIpc) is 3.38. The molecule has 0 aliphatic rings. The van der Waals surface area contributed by atoms with Crippen molar-refractivity contribution in [3.8, 4) is 22.5 Å². The number of rotatable bonds is 8. The number of nitrogens with one attached hydrogen (secondary N) is 1. The second-order valence-electron chi connectivity index (χ2n) is 7.11. The fraction of sp³-hybridized carbons (Fsp3) is 0.125. The highest BCUT2D eigenvalue weighted by Gasteiger charge is 2.20. The molecule has 0 atom stereocenters. The molecule has 0 aliphatic heterocycles. The van der Waals surface area contributed by atoms with E-state index in [9.17, 15) is 4.79 Å². The van der Waals surface area contributed by atoms with Crippen LogP contribution in [0.3, 0.4) is 0 Å². The van der Waals surface area contributed by atoms with Gasteiger partial charge in [0.25, 0.3) is 0 Å². The van der Waals surface area contributed by atoms with Gasteiger partial charge in [0, 0.05) is 33.0 Å². The number of hydrogen-bond acceptors (Lipinski definition) is 5. The molecule has 9 heteroatoms. The summed E-state index contributed by atoms with van der Waals surface area (Å²) in [7, 11) is 0. The third kappa shape index (κ3) is 5.33. The maximum Gasteiger partial charge on any atom is 0.234 e. The van der Waals surface area contributed by atoms with Crippen LogP contribution in [-0.4, -0.2) is 26.4 Å². The summed E-state index contributed by atoms with van der Waals surface area (Å²) < 4.78 is 1.98. The van der Waals surface area contributed by atoms with E-state index in [1.165, 1.54) is 16.6 Å². The lowest BCUT2D eigenvalue weighted by Crippen LogP contribution is -2.15. The molecule has 0 aliphatic carbocycles. The number of anilines is 1. The molecule has 4 rings (SSSR count). The number of carbonyl (C=O) groups excluding carboxylic acids is 1. The Morgan fingerprint density at radius 1 is 1.21 bits per heavy atom. The number of benzene rings is 2. The van der Waals surface area contributed by atoms with Gasteiger partial charge >= 0.3 is 0 Å². The quantitative estimate of drug-likeness (QED) is 0.199. The maximum atomic E-state index is 12.5. The molecule has 0 spiro atoms. The molecule has 2 heterocycles. The maximum absolute atomic E-state index is 12.5. The van der Waals surface area contributed by atoms with Crippen LogP contribution in [0.5, 0.6) is 0 Å². The highest BCUT2D eigenvalue weighted by Crippen LogP contribution is 2.39. The molecule has 4 aromatic rings. The summed E-state index contributed by atoms with van der Waals surface area (Å²) in [4.78, 5) is 13.7. The first-order chi connectivity index (χ1) is 16.0. The van der Waals surface area contributed by atoms with Gasteiger partial charge < -0.3 is 5.32 Å². The van der Waals surface area contributed by atoms with Crippen LogP contribution in [0.2, 0.25) is 10.0 Å². The minimum absolute atomic E-state index is 0.145. The van der Waals surface area contributed by atoms with E-state index in [4.69, 9.17) is 23.2 Å². The summed E-state index contributed by atoms with van der Waals surface area (Å²) >= 11 is 15.1. The van der Waals surface area contributed by atoms with Gasteiger partial charge in [-0.3, -0.25) is 9.36 Å². The van der Waals surface area contributed by atoms with E-state index < -0.39 is 0 Å². The molecule has 33 heavy (non-hydrogen) atoms. The number of aryl methyl sites for hydroxylation is 1. The number of hydrogen-bond donors (Lipinski definition) is 1. The lowest BCUT2D eigenvalue weighted by molar-refractivity contribution is -0.113. The van der Waals surface area contributed by atoms with Gasteiger partial charge in [0.05, 0.1) is 16.5 Å². The van der Waals surface area contributed by atoms with Crippen LogP contribution >= 0.6 is 46.3 Å². The highest BCUT2D eigenvalue weighted by molar-refractivity contribution is 7.99. The Morgan fingerprint density at radius 2 is 2.00 bits per heavy atom. The second kappa shape index (κ2) is 10.6. The van der Waals surface area contributed by atoms with Crippen molar-refractivity contribution in [2.45, 2.75) is 18.6 Å². The Morgan fingerprint density at radius 3 is 2.76 bits per heavy atom. The molecule has 1 N–H and O–H groups in total. The Labute approximate surface area is 210 Å². The van der Waals surface area contributed by atoms with Crippen LogP contribution in [0.4, 0.5) is 5.69 Å². The fourth-order valence-corrected chi connectivity index (χ4v) is 5.33. The lowest BCUT2D eigenvalue weighted by atomic mass is 10.0. The predicted octanol–water partition coefficient (Wildman–Crippen LogP) is 7.21. The molecule has 0 unspecified atom stereocenters. The molecule has 2 aromatic carbocycles. The molecule has 168 valence electrons. The van der Waals surface area contributed by atoms with Gasteiger partial charge in [-0.2, -0.15) is 0 Å². The molecule has 2 aromatic heterocycles. The van der Waals surface area contributed by atoms with Crippen molar-refractivity contribution in [3.63, 3.8) is 0 Å². The second-order valence-corrected chi connectivity index (χ2v) is 9.98. The van der Waals surface area contributed by atoms with Crippen LogP contribution < -0.4 is 5.32 Å². The minimum atomic E-state index is -0.213. The smallest absolute Gasteiger partial charge is 0.234 e. The number of aromatic nitrogens is 3. The first kappa shape index (κ1) is 23.6. The fourth-order valence-electron chi connectivity index (χ4n) is 3.38. The lowest BCUT2D eigenvalue weighted by Gasteiger charge is -2.10. The summed E-state index contributed by atoms with van der Waals surface area (Å²) in [5.41, 5.74) is 3.76.